The van der Waals surface area contributed by atoms with Gasteiger partial charge in [0.15, 0.2) is 11.1 Å². The second-order valence-corrected chi connectivity index (χ2v) is 7.95. The van der Waals surface area contributed by atoms with Gasteiger partial charge in [0.2, 0.25) is 0 Å². The van der Waals surface area contributed by atoms with Crippen molar-refractivity contribution < 1.29 is 0 Å². The fourth-order valence-electron chi connectivity index (χ4n) is 2.85. The molecular weight excluding hydrogens is 477 g/mol. The van der Waals surface area contributed by atoms with Crippen LogP contribution in [0.1, 0.15) is 30.3 Å². The zero-order valence-corrected chi connectivity index (χ0v) is 19.2. The molecule has 0 amide bonds. The summed E-state index contributed by atoms with van der Waals surface area (Å²) in [6, 6.07) is 4.26. The minimum Gasteiger partial charge on any atom is -0.357 e. The highest BCUT2D eigenvalue weighted by Crippen LogP contribution is 2.24. The van der Waals surface area contributed by atoms with Gasteiger partial charge in [0, 0.05) is 55.8 Å². The van der Waals surface area contributed by atoms with E-state index >= 15 is 0 Å². The summed E-state index contributed by atoms with van der Waals surface area (Å²) in [5, 5.41) is 12.2. The minimum absolute atomic E-state index is 0. The Hall–Kier alpha value is -0.870. The molecule has 1 fully saturated rings. The smallest absolute Gasteiger partial charge is 0.191 e. The van der Waals surface area contributed by atoms with Crippen molar-refractivity contribution in [2.24, 2.45) is 4.99 Å². The molecule has 5 nitrogen and oxygen atoms in total. The number of anilines is 1. The van der Waals surface area contributed by atoms with Crippen LogP contribution >= 0.6 is 46.7 Å². The van der Waals surface area contributed by atoms with Crippen molar-refractivity contribution in [3.8, 4) is 0 Å². The Kier molecular flexibility index (Phi) is 9.69. The maximum atomic E-state index is 4.78. The van der Waals surface area contributed by atoms with Crippen molar-refractivity contribution in [3.05, 3.63) is 33.5 Å². The maximum Gasteiger partial charge on any atom is 0.191 e. The third-order valence-electron chi connectivity index (χ3n) is 4.14. The quantitative estimate of drug-likeness (QED) is 0.326. The first-order chi connectivity index (χ1) is 12.3. The lowest BCUT2D eigenvalue weighted by Crippen LogP contribution is -2.38. The number of rotatable bonds is 8. The molecule has 0 unspecified atom stereocenters. The second kappa shape index (κ2) is 11.8. The van der Waals surface area contributed by atoms with E-state index in [2.05, 4.69) is 50.3 Å². The highest BCUT2D eigenvalue weighted by molar-refractivity contribution is 14.0. The molecule has 3 rings (SSSR count). The molecule has 2 aromatic heterocycles. The monoisotopic (exact) mass is 505 g/mol. The molecular formula is C18H28IN5S2. The largest absolute Gasteiger partial charge is 0.357 e. The second-order valence-electron chi connectivity index (χ2n) is 6.08. The van der Waals surface area contributed by atoms with E-state index in [-0.39, 0.29) is 24.0 Å². The number of thiazole rings is 1. The number of aliphatic imine (C=N–C) groups is 1. The van der Waals surface area contributed by atoms with Gasteiger partial charge in [0.1, 0.15) is 0 Å². The van der Waals surface area contributed by atoms with Crippen molar-refractivity contribution >= 4 is 57.7 Å². The molecule has 0 aliphatic carbocycles. The number of hydrogen-bond acceptors (Lipinski definition) is 5. The van der Waals surface area contributed by atoms with Crippen molar-refractivity contribution in [2.75, 3.05) is 37.6 Å². The number of guanidine groups is 1. The first-order valence-corrected chi connectivity index (χ1v) is 10.8. The molecule has 1 aliphatic heterocycles. The molecule has 8 heteroatoms. The van der Waals surface area contributed by atoms with Crippen LogP contribution in [0.25, 0.3) is 0 Å². The molecule has 0 radical (unpaired) electrons. The fourth-order valence-corrected chi connectivity index (χ4v) is 4.46. The van der Waals surface area contributed by atoms with Gasteiger partial charge in [0.25, 0.3) is 0 Å². The number of hydrogen-bond donors (Lipinski definition) is 2. The number of nitrogens with one attached hydrogen (secondary N) is 2. The number of aromatic nitrogens is 1. The lowest BCUT2D eigenvalue weighted by molar-refractivity contribution is 0.788. The predicted molar refractivity (Wildman–Crippen MR) is 125 cm³/mol. The van der Waals surface area contributed by atoms with Crippen molar-refractivity contribution in [1.29, 1.82) is 0 Å². The summed E-state index contributed by atoms with van der Waals surface area (Å²) in [6.07, 6.45) is 4.52. The van der Waals surface area contributed by atoms with E-state index in [9.17, 15) is 0 Å². The van der Waals surface area contributed by atoms with Crippen LogP contribution in [0.5, 0.6) is 0 Å². The summed E-state index contributed by atoms with van der Waals surface area (Å²) < 4.78 is 0. The van der Waals surface area contributed by atoms with Crippen LogP contribution in [0, 0.1) is 0 Å². The van der Waals surface area contributed by atoms with E-state index in [1.54, 1.807) is 22.7 Å². The van der Waals surface area contributed by atoms with Crippen LogP contribution in [-0.4, -0.2) is 43.7 Å². The average Bonchev–Trinajstić information content (AvgIpc) is 3.37. The van der Waals surface area contributed by atoms with E-state index in [4.69, 9.17) is 4.98 Å². The summed E-state index contributed by atoms with van der Waals surface area (Å²) in [4.78, 5) is 13.2. The lowest BCUT2D eigenvalue weighted by Gasteiger charge is -2.12. The van der Waals surface area contributed by atoms with Gasteiger partial charge in [-0.3, -0.25) is 4.99 Å². The van der Waals surface area contributed by atoms with Crippen LogP contribution < -0.4 is 15.5 Å². The van der Waals surface area contributed by atoms with Crippen LogP contribution in [0.3, 0.4) is 0 Å². The third kappa shape index (κ3) is 6.70. The number of nitrogens with zero attached hydrogens (tertiary/aromatic N) is 3. The molecule has 1 saturated heterocycles. The van der Waals surface area contributed by atoms with Gasteiger partial charge < -0.3 is 15.5 Å². The Labute approximate surface area is 181 Å². The van der Waals surface area contributed by atoms with Gasteiger partial charge in [-0.2, -0.15) is 0 Å². The van der Waals surface area contributed by atoms with Crippen LogP contribution in [-0.2, 0) is 12.8 Å². The van der Waals surface area contributed by atoms with Crippen LogP contribution in [0.4, 0.5) is 5.13 Å². The topological polar surface area (TPSA) is 52.6 Å². The molecule has 3 heterocycles. The van der Waals surface area contributed by atoms with Gasteiger partial charge >= 0.3 is 0 Å². The molecule has 2 N–H and O–H groups in total. The van der Waals surface area contributed by atoms with Crippen molar-refractivity contribution in [2.45, 2.75) is 32.6 Å². The Morgan fingerprint density at radius 2 is 2.08 bits per heavy atom. The molecule has 26 heavy (non-hydrogen) atoms. The van der Waals surface area contributed by atoms with Crippen LogP contribution in [0.2, 0.25) is 0 Å². The summed E-state index contributed by atoms with van der Waals surface area (Å²) in [5.41, 5.74) is 1.17. The Morgan fingerprint density at radius 1 is 1.23 bits per heavy atom. The van der Waals surface area contributed by atoms with E-state index in [0.29, 0.717) is 0 Å². The highest BCUT2D eigenvalue weighted by Gasteiger charge is 2.15. The molecule has 2 aromatic rings. The highest BCUT2D eigenvalue weighted by atomic mass is 127. The Bertz CT molecular complexity index is 650. The van der Waals surface area contributed by atoms with E-state index < -0.39 is 0 Å². The first kappa shape index (κ1) is 21.4. The van der Waals surface area contributed by atoms with Gasteiger partial charge in [0.05, 0.1) is 5.69 Å². The van der Waals surface area contributed by atoms with E-state index in [1.807, 2.05) is 0 Å². The molecule has 0 atom stereocenters. The number of halogens is 1. The standard InChI is InChI=1S/C18H27N5S2.HI/c1-2-19-17(21-10-8-16-6-5-13-24-16)20-9-7-15-14-25-18(22-15)23-11-3-4-12-23;/h5-6,13-14H,2-4,7-12H2,1H3,(H2,19,20,21);1H. The van der Waals surface area contributed by atoms with E-state index in [0.717, 1.165) is 51.5 Å². The lowest BCUT2D eigenvalue weighted by atomic mass is 10.3. The van der Waals surface area contributed by atoms with Gasteiger partial charge in [-0.1, -0.05) is 6.07 Å². The Morgan fingerprint density at radius 3 is 2.81 bits per heavy atom. The van der Waals surface area contributed by atoms with Gasteiger partial charge in [-0.15, -0.1) is 46.7 Å². The average molecular weight is 505 g/mol. The summed E-state index contributed by atoms with van der Waals surface area (Å²) >= 11 is 3.57. The normalized spacial score (nSPS) is 14.3. The van der Waals surface area contributed by atoms with Crippen LogP contribution in [0.15, 0.2) is 27.9 Å². The molecule has 0 aromatic carbocycles. The van der Waals surface area contributed by atoms with Crippen molar-refractivity contribution in [3.63, 3.8) is 0 Å². The summed E-state index contributed by atoms with van der Waals surface area (Å²) in [5.74, 6) is 0.897. The fraction of sp³-hybridized carbons (Fsp3) is 0.556. The molecule has 0 spiro atoms. The minimum atomic E-state index is 0. The summed E-state index contributed by atoms with van der Waals surface area (Å²) in [7, 11) is 0. The summed E-state index contributed by atoms with van der Waals surface area (Å²) in [6.45, 7) is 6.96. The third-order valence-corrected chi connectivity index (χ3v) is 6.03. The first-order valence-electron chi connectivity index (χ1n) is 9.09. The molecule has 0 bridgehead atoms. The van der Waals surface area contributed by atoms with Gasteiger partial charge in [-0.25, -0.2) is 4.98 Å². The predicted octanol–water partition coefficient (Wildman–Crippen LogP) is 3.76. The SMILES string of the molecule is CCNC(=NCCc1cccs1)NCCc1csc(N2CCCC2)n1.I. The molecule has 144 valence electrons. The zero-order valence-electron chi connectivity index (χ0n) is 15.2. The van der Waals surface area contributed by atoms with E-state index in [1.165, 1.54) is 28.5 Å². The number of thiophene rings is 1. The molecule has 1 aliphatic rings. The molecule has 0 saturated carbocycles. The maximum absolute atomic E-state index is 4.78. The zero-order chi connectivity index (χ0) is 17.3. The van der Waals surface area contributed by atoms with Gasteiger partial charge in [-0.05, 0) is 31.2 Å². The Balaban J connectivity index is 0.00000243. The van der Waals surface area contributed by atoms with Crippen molar-refractivity contribution in [1.82, 2.24) is 15.6 Å².